The van der Waals surface area contributed by atoms with Crippen molar-refractivity contribution < 1.29 is 27.5 Å². The number of pyridine rings is 1. The van der Waals surface area contributed by atoms with Gasteiger partial charge in [-0.15, -0.1) is 0 Å². The average Bonchev–Trinajstić information content (AvgIpc) is 3.49. The average molecular weight is 560 g/mol. The van der Waals surface area contributed by atoms with Crippen molar-refractivity contribution in [3.63, 3.8) is 0 Å². The third kappa shape index (κ3) is 6.29. The van der Waals surface area contributed by atoms with Crippen LogP contribution in [0, 0.1) is 0 Å². The Bertz CT molecular complexity index is 1430. The predicted molar refractivity (Wildman–Crippen MR) is 144 cm³/mol. The summed E-state index contributed by atoms with van der Waals surface area (Å²) in [5.74, 6) is -0.0558. The minimum Gasteiger partial charge on any atom is -0.476 e. The van der Waals surface area contributed by atoms with E-state index in [2.05, 4.69) is 20.4 Å². The van der Waals surface area contributed by atoms with E-state index in [-0.39, 0.29) is 22.0 Å². The topological polar surface area (TPSA) is 132 Å². The number of likely N-dealkylation sites (N-methyl/N-ethyl adjacent to an activating group) is 1. The summed E-state index contributed by atoms with van der Waals surface area (Å²) < 4.78 is 36.2. The van der Waals surface area contributed by atoms with Crippen LogP contribution in [0.3, 0.4) is 0 Å². The predicted octanol–water partition coefficient (Wildman–Crippen LogP) is 2.72. The summed E-state index contributed by atoms with van der Waals surface area (Å²) in [4.78, 5) is 30.7. The molecular weight excluding hydrogens is 530 g/mol. The van der Waals surface area contributed by atoms with Gasteiger partial charge in [-0.05, 0) is 45.1 Å². The minimum absolute atomic E-state index is 0.00666. The molecule has 0 bridgehead atoms. The number of hydrogen-bond acceptors (Lipinski definition) is 11. The van der Waals surface area contributed by atoms with Crippen LogP contribution >= 0.6 is 11.3 Å². The van der Waals surface area contributed by atoms with Crippen molar-refractivity contribution in [1.82, 2.24) is 14.9 Å². The number of rotatable bonds is 11. The molecule has 3 heterocycles. The lowest BCUT2D eigenvalue weighted by atomic mass is 10.1. The lowest BCUT2D eigenvalue weighted by Crippen LogP contribution is -2.25. The number of thiazole rings is 1. The fraction of sp³-hybridized carbons (Fsp3) is 0.440. The number of carbonyl (C=O) groups is 1. The molecule has 13 heteroatoms. The molecule has 2 aliphatic rings. The number of ether oxygens (including phenoxy) is 2. The molecule has 0 radical (unpaired) electrons. The maximum Gasteiger partial charge on any atom is 0.280 e. The van der Waals surface area contributed by atoms with E-state index in [1.165, 1.54) is 23.5 Å². The number of amides is 1. The molecule has 0 spiro atoms. The second-order valence-corrected chi connectivity index (χ2v) is 12.6. The zero-order valence-corrected chi connectivity index (χ0v) is 22.8. The molecule has 1 aliphatic heterocycles. The lowest BCUT2D eigenvalue weighted by molar-refractivity contribution is -0.110. The molecule has 1 aliphatic carbocycles. The lowest BCUT2D eigenvalue weighted by Gasteiger charge is -2.10. The highest BCUT2D eigenvalue weighted by Gasteiger charge is 2.36. The Morgan fingerprint density at radius 2 is 1.95 bits per heavy atom. The second-order valence-electron chi connectivity index (χ2n) is 9.40. The van der Waals surface area contributed by atoms with Gasteiger partial charge < -0.3 is 19.2 Å². The number of carbonyl (C=O) groups excluding carboxylic acids is 1. The summed E-state index contributed by atoms with van der Waals surface area (Å²) in [7, 11) is 0.583. The first kappa shape index (κ1) is 26.5. The number of nitrogens with zero attached hydrogens (tertiary/aromatic N) is 4. The molecular formula is C25H29N5O6S2. The Kier molecular flexibility index (Phi) is 7.88. The first-order valence-corrected chi connectivity index (χ1v) is 14.7. The molecule has 3 aromatic rings. The van der Waals surface area contributed by atoms with Crippen molar-refractivity contribution in [3.8, 4) is 5.88 Å². The van der Waals surface area contributed by atoms with Gasteiger partial charge in [0.25, 0.3) is 5.91 Å². The van der Waals surface area contributed by atoms with Gasteiger partial charge in [-0.3, -0.25) is 10.1 Å². The minimum atomic E-state index is -3.35. The van der Waals surface area contributed by atoms with Crippen molar-refractivity contribution in [1.29, 1.82) is 0 Å². The van der Waals surface area contributed by atoms with Crippen LogP contribution in [-0.4, -0.2) is 86.7 Å². The van der Waals surface area contributed by atoms with Gasteiger partial charge in [-0.1, -0.05) is 28.6 Å². The van der Waals surface area contributed by atoms with Gasteiger partial charge >= 0.3 is 0 Å². The smallest absolute Gasteiger partial charge is 0.280 e. The SMILES string of the molecule is CN(C)CCOc1ccc2nc(NC(=O)/C(=N/O[C@@H]3CCOC3)c3ccc(S(=O)(=O)C4CC4)cc3)sc2n1. The molecule has 1 N–H and O–H groups in total. The molecule has 1 atom stereocenters. The van der Waals surface area contributed by atoms with Crippen LogP contribution in [0.1, 0.15) is 24.8 Å². The third-order valence-corrected chi connectivity index (χ3v) is 9.21. The summed E-state index contributed by atoms with van der Waals surface area (Å²) in [6.07, 6.45) is 1.76. The second kappa shape index (κ2) is 11.3. The molecule has 1 aromatic carbocycles. The van der Waals surface area contributed by atoms with Crippen molar-refractivity contribution in [2.75, 3.05) is 45.8 Å². The summed E-state index contributed by atoms with van der Waals surface area (Å²) in [5, 5.41) is 6.94. The first-order valence-electron chi connectivity index (χ1n) is 12.3. The van der Waals surface area contributed by atoms with E-state index in [9.17, 15) is 13.2 Å². The fourth-order valence-corrected chi connectivity index (χ4v) is 6.23. The Balaban J connectivity index is 1.34. The van der Waals surface area contributed by atoms with E-state index in [1.807, 2.05) is 19.0 Å². The van der Waals surface area contributed by atoms with Gasteiger partial charge in [-0.25, -0.2) is 18.4 Å². The summed E-state index contributed by atoms with van der Waals surface area (Å²) >= 11 is 1.21. The van der Waals surface area contributed by atoms with Gasteiger partial charge in [-0.2, -0.15) is 0 Å². The molecule has 38 heavy (non-hydrogen) atoms. The Morgan fingerprint density at radius 3 is 2.63 bits per heavy atom. The molecule has 1 amide bonds. The van der Waals surface area contributed by atoms with E-state index in [4.69, 9.17) is 14.3 Å². The zero-order chi connectivity index (χ0) is 26.7. The summed E-state index contributed by atoms with van der Waals surface area (Å²) in [6, 6.07) is 9.67. The summed E-state index contributed by atoms with van der Waals surface area (Å²) in [6.45, 7) is 2.21. The van der Waals surface area contributed by atoms with E-state index >= 15 is 0 Å². The highest BCUT2D eigenvalue weighted by atomic mass is 32.2. The van der Waals surface area contributed by atoms with Gasteiger partial charge in [0.15, 0.2) is 26.8 Å². The quantitative estimate of drug-likeness (QED) is 0.278. The van der Waals surface area contributed by atoms with Crippen molar-refractivity contribution in [2.45, 2.75) is 35.5 Å². The van der Waals surface area contributed by atoms with Crippen LogP contribution in [-0.2, 0) is 24.2 Å². The third-order valence-electron chi connectivity index (χ3n) is 6.05. The van der Waals surface area contributed by atoms with Crippen LogP contribution in [0.25, 0.3) is 10.3 Å². The highest BCUT2D eigenvalue weighted by Crippen LogP contribution is 2.33. The molecule has 11 nitrogen and oxygen atoms in total. The van der Waals surface area contributed by atoms with Gasteiger partial charge in [0, 0.05) is 24.6 Å². The standard InChI is InChI=1S/C25H29N5O6S2/c1-30(2)12-14-35-21-10-9-20-24(27-21)37-25(26-20)28-23(31)22(29-36-17-11-13-34-15-17)16-3-5-18(6-4-16)38(32,33)19-7-8-19/h3-6,9-10,17,19H,7-8,11-15H2,1-2H3,(H,26,28,31)/b29-22+/t17-/m1/s1. The molecule has 5 rings (SSSR count). The number of nitrogens with one attached hydrogen (secondary N) is 1. The Morgan fingerprint density at radius 1 is 1.16 bits per heavy atom. The van der Waals surface area contributed by atoms with Crippen molar-refractivity contribution >= 4 is 48.3 Å². The largest absolute Gasteiger partial charge is 0.476 e. The van der Waals surface area contributed by atoms with E-state index < -0.39 is 15.7 Å². The number of oxime groups is 1. The van der Waals surface area contributed by atoms with Gasteiger partial charge in [0.1, 0.15) is 17.0 Å². The normalized spacial score (nSPS) is 18.2. The number of aromatic nitrogens is 2. The van der Waals surface area contributed by atoms with Gasteiger partial charge in [0.05, 0.1) is 23.4 Å². The molecule has 2 fully saturated rings. The van der Waals surface area contributed by atoms with Crippen LogP contribution in [0.4, 0.5) is 5.13 Å². The molecule has 2 aromatic heterocycles. The molecule has 1 saturated carbocycles. The fourth-order valence-electron chi connectivity index (χ4n) is 3.74. The monoisotopic (exact) mass is 559 g/mol. The number of anilines is 1. The van der Waals surface area contributed by atoms with Crippen LogP contribution in [0.2, 0.25) is 0 Å². The highest BCUT2D eigenvalue weighted by molar-refractivity contribution is 7.92. The first-order chi connectivity index (χ1) is 18.3. The summed E-state index contributed by atoms with van der Waals surface area (Å²) in [5.41, 5.74) is 1.05. The van der Waals surface area contributed by atoms with E-state index in [1.54, 1.807) is 24.3 Å². The van der Waals surface area contributed by atoms with Crippen LogP contribution in [0.15, 0.2) is 46.4 Å². The maximum absolute atomic E-state index is 13.3. The zero-order valence-electron chi connectivity index (χ0n) is 21.1. The van der Waals surface area contributed by atoms with Crippen molar-refractivity contribution in [3.05, 3.63) is 42.0 Å². The number of benzene rings is 1. The van der Waals surface area contributed by atoms with Gasteiger partial charge in [0.2, 0.25) is 5.88 Å². The number of fused-ring (bicyclic) bond motifs is 1. The van der Waals surface area contributed by atoms with Crippen LogP contribution < -0.4 is 10.1 Å². The molecule has 1 saturated heterocycles. The number of hydrogen-bond donors (Lipinski definition) is 1. The van der Waals surface area contributed by atoms with E-state index in [0.29, 0.717) is 66.0 Å². The van der Waals surface area contributed by atoms with E-state index in [0.717, 1.165) is 6.54 Å². The Labute approximate surface area is 224 Å². The number of sulfone groups is 1. The molecule has 0 unspecified atom stereocenters. The maximum atomic E-state index is 13.3. The van der Waals surface area contributed by atoms with Crippen LogP contribution in [0.5, 0.6) is 5.88 Å². The van der Waals surface area contributed by atoms with Crippen molar-refractivity contribution in [2.24, 2.45) is 5.16 Å². The molecule has 202 valence electrons. The Hall–Kier alpha value is -3.13.